The van der Waals surface area contributed by atoms with Gasteiger partial charge in [-0.05, 0) is 56.2 Å². The number of para-hydroxylation sites is 1. The van der Waals surface area contributed by atoms with Crippen LogP contribution in [0.1, 0.15) is 54.0 Å². The number of nitrogen functional groups attached to an aromatic ring is 1. The standard InChI is InChI=1S/C33H34N6O5/c1-4-6-18-42-32(40)24-14-10-11-15-25(24)43-31-28-30(39(21(3)36-28)20-22-12-8-7-9-13-22)37-33(38-31)44-27-19-23(29(34)35)16-17-26(27)41-5-2/h7-17,19H,4-6,18,20H2,1-3H3,(H3,34,35). The van der Waals surface area contributed by atoms with E-state index in [0.29, 0.717) is 48.1 Å². The molecule has 5 aromatic rings. The number of amidine groups is 1. The highest BCUT2D eigenvalue weighted by Crippen LogP contribution is 2.36. The van der Waals surface area contributed by atoms with Gasteiger partial charge in [0.15, 0.2) is 22.7 Å². The molecule has 0 fully saturated rings. The van der Waals surface area contributed by atoms with Crippen LogP contribution in [0, 0.1) is 12.3 Å². The minimum Gasteiger partial charge on any atom is -0.490 e. The van der Waals surface area contributed by atoms with Gasteiger partial charge in [0.05, 0.1) is 19.8 Å². The van der Waals surface area contributed by atoms with E-state index in [1.807, 2.05) is 55.7 Å². The molecule has 0 aliphatic heterocycles. The first-order valence-electron chi connectivity index (χ1n) is 14.4. The van der Waals surface area contributed by atoms with Gasteiger partial charge in [-0.2, -0.15) is 9.97 Å². The largest absolute Gasteiger partial charge is 0.490 e. The lowest BCUT2D eigenvalue weighted by atomic mass is 10.2. The number of esters is 1. The number of aromatic nitrogens is 4. The zero-order valence-corrected chi connectivity index (χ0v) is 24.9. The SMILES string of the molecule is CCCCOC(=O)c1ccccc1Oc1nc(Oc2cc(C(=N)N)ccc2OCC)nc2c1nc(C)n2Cc1ccccc1. The van der Waals surface area contributed by atoms with Gasteiger partial charge >= 0.3 is 12.0 Å². The third-order valence-corrected chi connectivity index (χ3v) is 6.72. The van der Waals surface area contributed by atoms with Crippen molar-refractivity contribution in [2.24, 2.45) is 5.73 Å². The Morgan fingerprint density at radius 3 is 2.43 bits per heavy atom. The van der Waals surface area contributed by atoms with E-state index < -0.39 is 5.97 Å². The second-order valence-corrected chi connectivity index (χ2v) is 9.91. The number of hydrogen-bond donors (Lipinski definition) is 2. The Balaban J connectivity index is 1.61. The normalized spacial score (nSPS) is 10.9. The number of aryl methyl sites for hydroxylation is 1. The number of nitrogens with zero attached hydrogens (tertiary/aromatic N) is 4. The van der Waals surface area contributed by atoms with Crippen molar-refractivity contribution in [1.29, 1.82) is 5.41 Å². The number of unbranched alkanes of at least 4 members (excludes halogenated alkanes) is 1. The topological polar surface area (TPSA) is 147 Å². The van der Waals surface area contributed by atoms with Crippen molar-refractivity contribution in [2.45, 2.75) is 40.2 Å². The first kappa shape index (κ1) is 30.0. The Morgan fingerprint density at radius 1 is 0.909 bits per heavy atom. The summed E-state index contributed by atoms with van der Waals surface area (Å²) in [5, 5.41) is 7.88. The number of benzene rings is 3. The van der Waals surface area contributed by atoms with Crippen LogP contribution in [0.15, 0.2) is 72.8 Å². The van der Waals surface area contributed by atoms with Gasteiger partial charge in [-0.3, -0.25) is 5.41 Å². The van der Waals surface area contributed by atoms with E-state index in [0.717, 1.165) is 18.4 Å². The summed E-state index contributed by atoms with van der Waals surface area (Å²) >= 11 is 0. The molecule has 2 heterocycles. The number of fused-ring (bicyclic) bond motifs is 1. The molecule has 0 saturated heterocycles. The molecule has 0 radical (unpaired) electrons. The summed E-state index contributed by atoms with van der Waals surface area (Å²) in [6.45, 7) is 6.94. The molecule has 44 heavy (non-hydrogen) atoms. The minimum absolute atomic E-state index is 0.0497. The van der Waals surface area contributed by atoms with Gasteiger partial charge in [0.2, 0.25) is 0 Å². The van der Waals surface area contributed by atoms with E-state index in [1.54, 1.807) is 42.5 Å². The predicted molar refractivity (Wildman–Crippen MR) is 166 cm³/mol. The maximum atomic E-state index is 12.9. The molecule has 0 saturated carbocycles. The summed E-state index contributed by atoms with van der Waals surface area (Å²) in [5.74, 6) is 1.11. The highest BCUT2D eigenvalue weighted by atomic mass is 16.5. The molecular formula is C33H34N6O5. The van der Waals surface area contributed by atoms with E-state index in [2.05, 4.69) is 4.98 Å². The Labute approximate surface area is 255 Å². The third-order valence-electron chi connectivity index (χ3n) is 6.72. The summed E-state index contributed by atoms with van der Waals surface area (Å²) in [6, 6.07) is 21.6. The van der Waals surface area contributed by atoms with Gasteiger partial charge in [0.25, 0.3) is 5.88 Å². The summed E-state index contributed by atoms with van der Waals surface area (Å²) in [6.07, 6.45) is 1.66. The molecule has 0 spiro atoms. The maximum absolute atomic E-state index is 12.9. The van der Waals surface area contributed by atoms with Gasteiger partial charge in [0, 0.05) is 5.56 Å². The summed E-state index contributed by atoms with van der Waals surface area (Å²) in [5.41, 5.74) is 8.35. The Hall–Kier alpha value is -5.45. The molecule has 0 atom stereocenters. The van der Waals surface area contributed by atoms with Crippen LogP contribution in [0.2, 0.25) is 0 Å². The average Bonchev–Trinajstić information content (AvgIpc) is 3.33. The smallest absolute Gasteiger partial charge is 0.341 e. The predicted octanol–water partition coefficient (Wildman–Crippen LogP) is 6.41. The molecule has 0 bridgehead atoms. The third kappa shape index (κ3) is 6.78. The van der Waals surface area contributed by atoms with Crippen LogP contribution in [0.5, 0.6) is 29.1 Å². The number of rotatable bonds is 13. The van der Waals surface area contributed by atoms with Crippen molar-refractivity contribution in [3.63, 3.8) is 0 Å². The minimum atomic E-state index is -0.496. The van der Waals surface area contributed by atoms with Gasteiger partial charge in [0.1, 0.15) is 23.0 Å². The van der Waals surface area contributed by atoms with Crippen LogP contribution in [0.25, 0.3) is 11.2 Å². The van der Waals surface area contributed by atoms with E-state index >= 15 is 0 Å². The fourth-order valence-corrected chi connectivity index (χ4v) is 4.48. The Bertz CT molecular complexity index is 1790. The molecule has 0 amide bonds. The molecule has 5 rings (SSSR count). The Kier molecular flexibility index (Phi) is 9.34. The molecule has 3 N–H and O–H groups in total. The van der Waals surface area contributed by atoms with E-state index in [4.69, 9.17) is 40.1 Å². The summed E-state index contributed by atoms with van der Waals surface area (Å²) < 4.78 is 25.6. The quantitative estimate of drug-likeness (QED) is 0.0683. The van der Waals surface area contributed by atoms with Crippen molar-refractivity contribution in [3.8, 4) is 29.1 Å². The van der Waals surface area contributed by atoms with Crippen LogP contribution in [-0.4, -0.2) is 44.5 Å². The second-order valence-electron chi connectivity index (χ2n) is 9.91. The first-order chi connectivity index (χ1) is 21.4. The van der Waals surface area contributed by atoms with Crippen molar-refractivity contribution in [2.75, 3.05) is 13.2 Å². The zero-order chi connectivity index (χ0) is 31.1. The van der Waals surface area contributed by atoms with Gasteiger partial charge < -0.3 is 29.2 Å². The lowest BCUT2D eigenvalue weighted by Gasteiger charge is -2.14. The monoisotopic (exact) mass is 594 g/mol. The molecule has 11 nitrogen and oxygen atoms in total. The van der Waals surface area contributed by atoms with Crippen molar-refractivity contribution < 1.29 is 23.7 Å². The first-order valence-corrected chi connectivity index (χ1v) is 14.4. The number of carbonyl (C=O) groups excluding carboxylic acids is 1. The molecule has 0 unspecified atom stereocenters. The number of carbonyl (C=O) groups is 1. The number of imidazole rings is 1. The van der Waals surface area contributed by atoms with Crippen LogP contribution in [-0.2, 0) is 11.3 Å². The van der Waals surface area contributed by atoms with E-state index in [9.17, 15) is 4.79 Å². The van der Waals surface area contributed by atoms with Crippen LogP contribution in [0.3, 0.4) is 0 Å². The summed E-state index contributed by atoms with van der Waals surface area (Å²) in [7, 11) is 0. The molecule has 0 aliphatic rings. The van der Waals surface area contributed by atoms with Gasteiger partial charge in [-0.25, -0.2) is 9.78 Å². The molecule has 11 heteroatoms. The van der Waals surface area contributed by atoms with Crippen molar-refractivity contribution in [1.82, 2.24) is 19.5 Å². The van der Waals surface area contributed by atoms with Crippen LogP contribution >= 0.6 is 0 Å². The van der Waals surface area contributed by atoms with Gasteiger partial charge in [-0.15, -0.1) is 0 Å². The lowest BCUT2D eigenvalue weighted by Crippen LogP contribution is -2.11. The van der Waals surface area contributed by atoms with E-state index in [-0.39, 0.29) is 34.8 Å². The fourth-order valence-electron chi connectivity index (χ4n) is 4.48. The molecule has 0 aliphatic carbocycles. The average molecular weight is 595 g/mol. The fraction of sp³-hybridized carbons (Fsp3) is 0.242. The highest BCUT2D eigenvalue weighted by molar-refractivity contribution is 5.95. The van der Waals surface area contributed by atoms with Crippen molar-refractivity contribution >= 4 is 23.0 Å². The van der Waals surface area contributed by atoms with Crippen molar-refractivity contribution in [3.05, 3.63) is 95.3 Å². The number of hydrogen-bond acceptors (Lipinski definition) is 9. The summed E-state index contributed by atoms with van der Waals surface area (Å²) in [4.78, 5) is 27.0. The molecule has 2 aromatic heterocycles. The maximum Gasteiger partial charge on any atom is 0.341 e. The molecule has 226 valence electrons. The van der Waals surface area contributed by atoms with Crippen LogP contribution in [0.4, 0.5) is 0 Å². The number of ether oxygens (including phenoxy) is 4. The lowest BCUT2D eigenvalue weighted by molar-refractivity contribution is 0.0497. The molecule has 3 aromatic carbocycles. The highest BCUT2D eigenvalue weighted by Gasteiger charge is 2.22. The van der Waals surface area contributed by atoms with Gasteiger partial charge in [-0.1, -0.05) is 55.8 Å². The Morgan fingerprint density at radius 2 is 1.68 bits per heavy atom. The zero-order valence-electron chi connectivity index (χ0n) is 24.9. The second kappa shape index (κ2) is 13.7. The number of nitrogens with one attached hydrogen (secondary N) is 1. The van der Waals surface area contributed by atoms with Crippen LogP contribution < -0.4 is 19.9 Å². The number of nitrogens with two attached hydrogens (primary N) is 1. The van der Waals surface area contributed by atoms with E-state index in [1.165, 1.54) is 0 Å². The molecular weight excluding hydrogens is 560 g/mol.